The van der Waals surface area contributed by atoms with E-state index in [0.29, 0.717) is 11.4 Å². The highest BCUT2D eigenvalue weighted by Gasteiger charge is 2.19. The number of aromatic nitrogens is 1. The minimum atomic E-state index is -0.162. The summed E-state index contributed by atoms with van der Waals surface area (Å²) in [4.78, 5) is 30.3. The maximum Gasteiger partial charge on any atom is 0.240 e. The number of Topliss-reactive ketones (excluding diaryl/α,β-unsaturated/α-hetero) is 1. The number of carbonyl (C=O) groups excluding carboxylic acids is 2. The molecule has 0 aliphatic rings. The van der Waals surface area contributed by atoms with Crippen LogP contribution in [0.15, 0.2) is 36.5 Å². The van der Waals surface area contributed by atoms with Crippen molar-refractivity contribution in [2.45, 2.75) is 40.2 Å². The summed E-state index contributed by atoms with van der Waals surface area (Å²) < 4.78 is 0. The number of pyridine rings is 1. The molecule has 0 unspecified atom stereocenters. The van der Waals surface area contributed by atoms with Crippen molar-refractivity contribution in [2.75, 3.05) is 18.5 Å². The normalized spacial score (nSPS) is 10.8. The monoisotopic (exact) mass is 353 g/mol. The van der Waals surface area contributed by atoms with Crippen LogP contribution in [0.25, 0.3) is 11.1 Å². The van der Waals surface area contributed by atoms with Gasteiger partial charge in [-0.05, 0) is 23.6 Å². The number of hydrogen-bond donors (Lipinski definition) is 1. The summed E-state index contributed by atoms with van der Waals surface area (Å²) in [6.07, 6.45) is 2.64. The molecule has 2 aromatic rings. The van der Waals surface area contributed by atoms with Crippen LogP contribution in [-0.2, 0) is 11.2 Å². The highest BCUT2D eigenvalue weighted by Crippen LogP contribution is 2.27. The molecule has 0 bridgehead atoms. The van der Waals surface area contributed by atoms with Crippen LogP contribution in [0.5, 0.6) is 0 Å². The van der Waals surface area contributed by atoms with Gasteiger partial charge in [0.15, 0.2) is 5.78 Å². The van der Waals surface area contributed by atoms with Crippen LogP contribution in [0.4, 0.5) is 5.69 Å². The third-order valence-electron chi connectivity index (χ3n) is 4.27. The van der Waals surface area contributed by atoms with Crippen LogP contribution in [0.3, 0.4) is 0 Å². The first-order valence-corrected chi connectivity index (χ1v) is 8.93. The number of hydrogen-bond acceptors (Lipinski definition) is 4. The number of anilines is 1. The Morgan fingerprint density at radius 1 is 1.19 bits per heavy atom. The van der Waals surface area contributed by atoms with Crippen molar-refractivity contribution in [3.63, 3.8) is 0 Å². The predicted molar refractivity (Wildman–Crippen MR) is 106 cm³/mol. The van der Waals surface area contributed by atoms with Crippen molar-refractivity contribution in [1.29, 1.82) is 0 Å². The zero-order valence-corrected chi connectivity index (χ0v) is 16.2. The van der Waals surface area contributed by atoms with Crippen LogP contribution >= 0.6 is 0 Å². The number of amides is 1. The summed E-state index contributed by atoms with van der Waals surface area (Å²) in [5.74, 6) is -0.271. The van der Waals surface area contributed by atoms with Gasteiger partial charge in [-0.15, -0.1) is 0 Å². The molecular formula is C21H27N3O2. The highest BCUT2D eigenvalue weighted by atomic mass is 16.2. The second-order valence-corrected chi connectivity index (χ2v) is 6.69. The molecule has 5 nitrogen and oxygen atoms in total. The van der Waals surface area contributed by atoms with E-state index in [4.69, 9.17) is 0 Å². The molecule has 0 spiro atoms. The Morgan fingerprint density at radius 2 is 1.92 bits per heavy atom. The average Bonchev–Trinajstić information content (AvgIpc) is 2.64. The molecule has 138 valence electrons. The summed E-state index contributed by atoms with van der Waals surface area (Å²) in [6, 6.07) is 10.3. The number of benzene rings is 1. The standard InChI is InChI=1S/C21H27N3O2/c1-6-16-8-7-9-17(10-16)18-11-19(21(15(4)25)23-12-18)24(5)20(26)13-22-14(2)3/h7-12,14,22H,6,13H2,1-5H3. The zero-order chi connectivity index (χ0) is 19.3. The molecule has 1 amide bonds. The van der Waals surface area contributed by atoms with Gasteiger partial charge in [0.25, 0.3) is 0 Å². The molecule has 0 aliphatic heterocycles. The van der Waals surface area contributed by atoms with E-state index in [1.54, 1.807) is 13.2 Å². The summed E-state index contributed by atoms with van der Waals surface area (Å²) in [5.41, 5.74) is 3.98. The molecule has 1 heterocycles. The molecule has 0 aliphatic carbocycles. The molecule has 1 aromatic heterocycles. The lowest BCUT2D eigenvalue weighted by Crippen LogP contribution is -2.38. The quantitative estimate of drug-likeness (QED) is 0.774. The van der Waals surface area contributed by atoms with Gasteiger partial charge in [-0.3, -0.25) is 14.6 Å². The molecular weight excluding hydrogens is 326 g/mol. The number of carbonyl (C=O) groups is 2. The fraction of sp³-hybridized carbons (Fsp3) is 0.381. The van der Waals surface area contributed by atoms with E-state index in [2.05, 4.69) is 29.4 Å². The van der Waals surface area contributed by atoms with E-state index in [1.165, 1.54) is 17.4 Å². The summed E-state index contributed by atoms with van der Waals surface area (Å²) in [5, 5.41) is 3.11. The van der Waals surface area contributed by atoms with Gasteiger partial charge in [0.05, 0.1) is 12.2 Å². The fourth-order valence-electron chi connectivity index (χ4n) is 2.65. The van der Waals surface area contributed by atoms with E-state index in [0.717, 1.165) is 17.5 Å². The van der Waals surface area contributed by atoms with Gasteiger partial charge >= 0.3 is 0 Å². The van der Waals surface area contributed by atoms with Crippen LogP contribution in [-0.4, -0.2) is 36.3 Å². The highest BCUT2D eigenvalue weighted by molar-refractivity contribution is 6.04. The largest absolute Gasteiger partial charge is 0.312 e. The third-order valence-corrected chi connectivity index (χ3v) is 4.27. The van der Waals surface area contributed by atoms with Crippen molar-refractivity contribution in [3.05, 3.63) is 47.8 Å². The van der Waals surface area contributed by atoms with Gasteiger partial charge < -0.3 is 10.2 Å². The topological polar surface area (TPSA) is 62.3 Å². The van der Waals surface area contributed by atoms with Crippen LogP contribution in [0.2, 0.25) is 0 Å². The van der Waals surface area contributed by atoms with Gasteiger partial charge in [0.2, 0.25) is 5.91 Å². The molecule has 1 aromatic carbocycles. The van der Waals surface area contributed by atoms with E-state index < -0.39 is 0 Å². The Morgan fingerprint density at radius 3 is 2.54 bits per heavy atom. The van der Waals surface area contributed by atoms with Gasteiger partial charge in [-0.1, -0.05) is 45.0 Å². The second kappa shape index (κ2) is 8.72. The number of aryl methyl sites for hydroxylation is 1. The number of nitrogens with one attached hydrogen (secondary N) is 1. The van der Waals surface area contributed by atoms with Crippen molar-refractivity contribution >= 4 is 17.4 Å². The fourth-order valence-corrected chi connectivity index (χ4v) is 2.65. The number of likely N-dealkylation sites (N-methyl/N-ethyl adjacent to an activating group) is 1. The molecule has 2 rings (SSSR count). The lowest BCUT2D eigenvalue weighted by atomic mass is 10.0. The molecule has 0 fully saturated rings. The van der Waals surface area contributed by atoms with Crippen molar-refractivity contribution < 1.29 is 9.59 Å². The van der Waals surface area contributed by atoms with Gasteiger partial charge in [-0.2, -0.15) is 0 Å². The van der Waals surface area contributed by atoms with Crippen molar-refractivity contribution in [2.24, 2.45) is 0 Å². The first-order valence-electron chi connectivity index (χ1n) is 8.93. The van der Waals surface area contributed by atoms with Crippen LogP contribution in [0, 0.1) is 0 Å². The van der Waals surface area contributed by atoms with E-state index in [1.807, 2.05) is 32.0 Å². The first kappa shape index (κ1) is 19.8. The number of rotatable bonds is 7. The van der Waals surface area contributed by atoms with E-state index >= 15 is 0 Å². The average molecular weight is 353 g/mol. The van der Waals surface area contributed by atoms with E-state index in [9.17, 15) is 9.59 Å². The molecule has 1 N–H and O–H groups in total. The molecule has 0 radical (unpaired) electrons. The number of ketones is 1. The second-order valence-electron chi connectivity index (χ2n) is 6.69. The first-order chi connectivity index (χ1) is 12.3. The van der Waals surface area contributed by atoms with Gasteiger partial charge in [-0.25, -0.2) is 0 Å². The summed E-state index contributed by atoms with van der Waals surface area (Å²) in [6.45, 7) is 7.75. The smallest absolute Gasteiger partial charge is 0.240 e. The third kappa shape index (κ3) is 4.76. The maximum atomic E-state index is 12.5. The lowest BCUT2D eigenvalue weighted by molar-refractivity contribution is -0.117. The molecule has 26 heavy (non-hydrogen) atoms. The zero-order valence-electron chi connectivity index (χ0n) is 16.2. The molecule has 0 saturated heterocycles. The van der Waals surface area contributed by atoms with Crippen LogP contribution in [0.1, 0.15) is 43.7 Å². The Hall–Kier alpha value is -2.53. The molecule has 0 saturated carbocycles. The predicted octanol–water partition coefficient (Wildman–Crippen LogP) is 3.47. The Kier molecular flexibility index (Phi) is 6.64. The Labute approximate surface area is 155 Å². The minimum Gasteiger partial charge on any atom is -0.312 e. The number of nitrogens with zero attached hydrogens (tertiary/aromatic N) is 2. The molecule has 5 heteroatoms. The van der Waals surface area contributed by atoms with Crippen molar-refractivity contribution in [1.82, 2.24) is 10.3 Å². The maximum absolute atomic E-state index is 12.5. The summed E-state index contributed by atoms with van der Waals surface area (Å²) >= 11 is 0. The SMILES string of the molecule is CCc1cccc(-c2cnc(C(C)=O)c(N(C)C(=O)CNC(C)C)c2)c1. The van der Waals surface area contributed by atoms with Gasteiger partial charge in [0.1, 0.15) is 5.69 Å². The Bertz CT molecular complexity index is 800. The minimum absolute atomic E-state index is 0.109. The van der Waals surface area contributed by atoms with E-state index in [-0.39, 0.29) is 24.3 Å². The lowest BCUT2D eigenvalue weighted by Gasteiger charge is -2.21. The summed E-state index contributed by atoms with van der Waals surface area (Å²) in [7, 11) is 1.68. The van der Waals surface area contributed by atoms with Gasteiger partial charge in [0, 0.05) is 31.8 Å². The van der Waals surface area contributed by atoms with Crippen molar-refractivity contribution in [3.8, 4) is 11.1 Å². The van der Waals surface area contributed by atoms with Crippen LogP contribution < -0.4 is 10.2 Å². The molecule has 0 atom stereocenters. The Balaban J connectivity index is 2.42.